The van der Waals surface area contributed by atoms with Crippen LogP contribution in [0.5, 0.6) is 5.75 Å². The van der Waals surface area contributed by atoms with Gasteiger partial charge in [-0.3, -0.25) is 4.90 Å². The van der Waals surface area contributed by atoms with Crippen LogP contribution in [0.1, 0.15) is 51.4 Å². The van der Waals surface area contributed by atoms with Crippen LogP contribution in [0, 0.1) is 24.2 Å². The van der Waals surface area contributed by atoms with E-state index in [4.69, 9.17) is 4.74 Å². The molecule has 7 heteroatoms. The molecule has 0 bridgehead atoms. The minimum Gasteiger partial charge on any atom is -0.493 e. The predicted molar refractivity (Wildman–Crippen MR) is 135 cm³/mol. The molecule has 0 N–H and O–H groups in total. The molecular formula is C26H34ClN5O. The Hall–Kier alpha value is -2.62. The second kappa shape index (κ2) is 10.1. The lowest BCUT2D eigenvalue weighted by molar-refractivity contribution is 0.0810. The summed E-state index contributed by atoms with van der Waals surface area (Å²) in [5, 5.41) is 10.3. The van der Waals surface area contributed by atoms with Gasteiger partial charge < -0.3 is 9.30 Å². The third-order valence-electron chi connectivity index (χ3n) is 6.62. The number of nitriles is 1. The maximum absolute atomic E-state index is 9.35. The predicted octanol–water partition coefficient (Wildman–Crippen LogP) is 5.52. The first-order valence-corrected chi connectivity index (χ1v) is 11.5. The Bertz CT molecular complexity index is 1150. The highest BCUT2D eigenvalue weighted by Crippen LogP contribution is 2.31. The molecule has 1 aliphatic heterocycles. The number of nitrogens with zero attached hydrogens (tertiary/aromatic N) is 5. The van der Waals surface area contributed by atoms with Gasteiger partial charge in [0.1, 0.15) is 17.5 Å². The molecule has 6 nitrogen and oxygen atoms in total. The molecule has 176 valence electrons. The monoisotopic (exact) mass is 467 g/mol. The molecule has 0 amide bonds. The normalized spacial score (nSPS) is 15.3. The van der Waals surface area contributed by atoms with Crippen LogP contribution in [-0.4, -0.2) is 44.7 Å². The van der Waals surface area contributed by atoms with Gasteiger partial charge in [0.25, 0.3) is 0 Å². The molecular weight excluding hydrogens is 434 g/mol. The molecule has 1 aromatic carbocycles. The summed E-state index contributed by atoms with van der Waals surface area (Å²) < 4.78 is 8.07. The van der Waals surface area contributed by atoms with E-state index >= 15 is 0 Å². The van der Waals surface area contributed by atoms with Crippen molar-refractivity contribution in [2.45, 2.75) is 52.5 Å². The van der Waals surface area contributed by atoms with Crippen molar-refractivity contribution in [1.82, 2.24) is 19.4 Å². The van der Waals surface area contributed by atoms with Gasteiger partial charge in [-0.1, -0.05) is 0 Å². The summed E-state index contributed by atoms with van der Waals surface area (Å²) in [5.74, 6) is 1.84. The SMILES string of the molecule is Cc1cc(-c2nc(C#N)nc3c2ccn3C)ccc1OCCC1CCN(C(C)(C)C)CC1.Cl. The summed E-state index contributed by atoms with van der Waals surface area (Å²) in [6.07, 6.45) is 5.54. The van der Waals surface area contributed by atoms with Gasteiger partial charge in [0, 0.05) is 29.7 Å². The topological polar surface area (TPSA) is 67.0 Å². The van der Waals surface area contributed by atoms with E-state index in [1.807, 2.05) is 36.0 Å². The quantitative estimate of drug-likeness (QED) is 0.494. The molecule has 3 aromatic rings. The van der Waals surface area contributed by atoms with Gasteiger partial charge in [-0.15, -0.1) is 12.4 Å². The summed E-state index contributed by atoms with van der Waals surface area (Å²) in [5.41, 5.74) is 3.86. The molecule has 0 unspecified atom stereocenters. The first-order valence-electron chi connectivity index (χ1n) is 11.5. The summed E-state index contributed by atoms with van der Waals surface area (Å²) >= 11 is 0. The van der Waals surface area contributed by atoms with E-state index in [9.17, 15) is 5.26 Å². The average Bonchev–Trinajstić information content (AvgIpc) is 3.14. The highest BCUT2D eigenvalue weighted by Gasteiger charge is 2.26. The van der Waals surface area contributed by atoms with Gasteiger partial charge in [0.05, 0.1) is 12.3 Å². The van der Waals surface area contributed by atoms with Gasteiger partial charge in [0.2, 0.25) is 5.82 Å². The maximum Gasteiger partial charge on any atom is 0.234 e. The van der Waals surface area contributed by atoms with E-state index in [0.717, 1.165) is 52.5 Å². The highest BCUT2D eigenvalue weighted by atomic mass is 35.5. The molecule has 0 aliphatic carbocycles. The number of likely N-dealkylation sites (tertiary alicyclic amines) is 1. The third-order valence-corrected chi connectivity index (χ3v) is 6.62. The Labute approximate surface area is 203 Å². The number of ether oxygens (including phenoxy) is 1. The van der Waals surface area contributed by atoms with Gasteiger partial charge in [-0.25, -0.2) is 9.97 Å². The largest absolute Gasteiger partial charge is 0.493 e. The van der Waals surface area contributed by atoms with Crippen molar-refractivity contribution in [3.05, 3.63) is 41.9 Å². The lowest BCUT2D eigenvalue weighted by Crippen LogP contribution is -2.46. The van der Waals surface area contributed by atoms with E-state index in [0.29, 0.717) is 0 Å². The van der Waals surface area contributed by atoms with Crippen molar-refractivity contribution in [3.8, 4) is 23.1 Å². The van der Waals surface area contributed by atoms with E-state index in [1.165, 1.54) is 25.9 Å². The zero-order valence-electron chi connectivity index (χ0n) is 20.3. The van der Waals surface area contributed by atoms with E-state index < -0.39 is 0 Å². The first-order chi connectivity index (χ1) is 15.3. The Morgan fingerprint density at radius 2 is 1.88 bits per heavy atom. The van der Waals surface area contributed by atoms with Gasteiger partial charge in [-0.05, 0) is 95.8 Å². The fourth-order valence-electron chi connectivity index (χ4n) is 4.59. The van der Waals surface area contributed by atoms with Crippen molar-refractivity contribution in [2.75, 3.05) is 19.7 Å². The lowest BCUT2D eigenvalue weighted by atomic mass is 9.91. The zero-order valence-corrected chi connectivity index (χ0v) is 21.1. The van der Waals surface area contributed by atoms with Crippen LogP contribution >= 0.6 is 12.4 Å². The fraction of sp³-hybridized carbons (Fsp3) is 0.500. The van der Waals surface area contributed by atoms with Crippen LogP contribution in [0.2, 0.25) is 0 Å². The summed E-state index contributed by atoms with van der Waals surface area (Å²) in [6, 6.07) is 10.2. The van der Waals surface area contributed by atoms with Crippen molar-refractivity contribution in [2.24, 2.45) is 13.0 Å². The van der Waals surface area contributed by atoms with Gasteiger partial charge in [0.15, 0.2) is 0 Å². The zero-order chi connectivity index (χ0) is 22.9. The number of halogens is 1. The van der Waals surface area contributed by atoms with E-state index in [2.05, 4.69) is 54.7 Å². The standard InChI is InChI=1S/C26H33N5O.ClH/c1-18-16-20(24-21-10-12-30(5)25(21)29-23(17-27)28-24)6-7-22(18)32-15-11-19-8-13-31(14-9-19)26(2,3)4;/h6-7,10,12,16,19H,8-9,11,13-15H2,1-5H3;1H. The number of aromatic nitrogens is 3. The Balaban J connectivity index is 0.00000306. The number of hydrogen-bond donors (Lipinski definition) is 0. The number of fused-ring (bicyclic) bond motifs is 1. The molecule has 0 spiro atoms. The second-order valence-corrected chi connectivity index (χ2v) is 9.89. The lowest BCUT2D eigenvalue weighted by Gasteiger charge is -2.40. The molecule has 33 heavy (non-hydrogen) atoms. The van der Waals surface area contributed by atoms with Crippen LogP contribution in [-0.2, 0) is 7.05 Å². The van der Waals surface area contributed by atoms with Gasteiger partial charge >= 0.3 is 0 Å². The average molecular weight is 468 g/mol. The summed E-state index contributed by atoms with van der Waals surface area (Å²) in [6.45, 7) is 12.1. The molecule has 3 heterocycles. The van der Waals surface area contributed by atoms with E-state index in [-0.39, 0.29) is 23.8 Å². The minimum atomic E-state index is 0. The summed E-state index contributed by atoms with van der Waals surface area (Å²) in [4.78, 5) is 11.4. The Morgan fingerprint density at radius 1 is 1.15 bits per heavy atom. The molecule has 1 aliphatic rings. The van der Waals surface area contributed by atoms with Crippen molar-refractivity contribution in [3.63, 3.8) is 0 Å². The molecule has 0 saturated carbocycles. The third kappa shape index (κ3) is 5.48. The smallest absolute Gasteiger partial charge is 0.234 e. The van der Waals surface area contributed by atoms with Crippen molar-refractivity contribution >= 4 is 23.4 Å². The van der Waals surface area contributed by atoms with Crippen molar-refractivity contribution < 1.29 is 4.74 Å². The van der Waals surface area contributed by atoms with Crippen LogP contribution < -0.4 is 4.74 Å². The fourth-order valence-corrected chi connectivity index (χ4v) is 4.59. The maximum atomic E-state index is 9.35. The van der Waals surface area contributed by atoms with Crippen LogP contribution in [0.25, 0.3) is 22.3 Å². The molecule has 4 rings (SSSR count). The van der Waals surface area contributed by atoms with Crippen LogP contribution in [0.3, 0.4) is 0 Å². The Morgan fingerprint density at radius 3 is 2.52 bits per heavy atom. The van der Waals surface area contributed by atoms with Crippen molar-refractivity contribution in [1.29, 1.82) is 5.26 Å². The minimum absolute atomic E-state index is 0. The number of benzene rings is 1. The Kier molecular flexibility index (Phi) is 7.66. The number of piperidine rings is 1. The molecule has 0 atom stereocenters. The molecule has 0 radical (unpaired) electrons. The first kappa shape index (κ1) is 25.0. The number of aryl methyl sites for hydroxylation is 2. The molecule has 1 fully saturated rings. The van der Waals surface area contributed by atoms with Crippen LogP contribution in [0.4, 0.5) is 0 Å². The van der Waals surface area contributed by atoms with Gasteiger partial charge in [-0.2, -0.15) is 5.26 Å². The summed E-state index contributed by atoms with van der Waals surface area (Å²) in [7, 11) is 1.93. The van der Waals surface area contributed by atoms with E-state index in [1.54, 1.807) is 0 Å². The van der Waals surface area contributed by atoms with Crippen LogP contribution in [0.15, 0.2) is 30.5 Å². The molecule has 2 aromatic heterocycles. The second-order valence-electron chi connectivity index (χ2n) is 9.89. The number of rotatable bonds is 5. The number of hydrogen-bond acceptors (Lipinski definition) is 5. The highest BCUT2D eigenvalue weighted by molar-refractivity contribution is 5.91. The molecule has 1 saturated heterocycles.